The number of carbonyl (C=O) groups excluding carboxylic acids is 3. The second-order valence-corrected chi connectivity index (χ2v) is 9.37. The Balaban J connectivity index is 1.45. The fourth-order valence-electron chi connectivity index (χ4n) is 4.36. The SMILES string of the molecule is CCNC(=O)C[C@@H]1CC[C@H]2[C@@H](COc3ccc(NC(=O)Cc4cccs4)cc3C(=O)N2C)O1. The summed E-state index contributed by atoms with van der Waals surface area (Å²) in [6, 6.07) is 8.79. The number of thiophene rings is 1. The second kappa shape index (κ2) is 10.4. The van der Waals surface area contributed by atoms with Gasteiger partial charge in [0.1, 0.15) is 18.5 Å². The van der Waals surface area contributed by atoms with Crippen LogP contribution in [0.5, 0.6) is 5.75 Å². The molecule has 3 amide bonds. The molecule has 0 bridgehead atoms. The van der Waals surface area contributed by atoms with Crippen LogP contribution in [0.2, 0.25) is 0 Å². The fourth-order valence-corrected chi connectivity index (χ4v) is 5.06. The van der Waals surface area contributed by atoms with Crippen molar-refractivity contribution in [1.29, 1.82) is 0 Å². The zero-order valence-corrected chi connectivity index (χ0v) is 19.7. The van der Waals surface area contributed by atoms with E-state index >= 15 is 0 Å². The number of carbonyl (C=O) groups is 3. The molecule has 8 nitrogen and oxygen atoms in total. The van der Waals surface area contributed by atoms with Gasteiger partial charge in [0, 0.05) is 24.2 Å². The largest absolute Gasteiger partial charge is 0.490 e. The van der Waals surface area contributed by atoms with Crippen LogP contribution in [0, 0.1) is 0 Å². The summed E-state index contributed by atoms with van der Waals surface area (Å²) in [5.41, 5.74) is 0.967. The molecule has 2 aromatic rings. The molecule has 1 saturated heterocycles. The summed E-state index contributed by atoms with van der Waals surface area (Å²) in [5, 5.41) is 7.61. The molecular formula is C24H29N3O5S. The van der Waals surface area contributed by atoms with Gasteiger partial charge in [0.05, 0.1) is 30.6 Å². The number of ether oxygens (including phenoxy) is 2. The van der Waals surface area contributed by atoms with Crippen LogP contribution >= 0.6 is 11.3 Å². The monoisotopic (exact) mass is 471 g/mol. The molecule has 2 aliphatic heterocycles. The van der Waals surface area contributed by atoms with Crippen molar-refractivity contribution in [2.75, 3.05) is 25.5 Å². The van der Waals surface area contributed by atoms with E-state index in [-0.39, 0.29) is 49.0 Å². The summed E-state index contributed by atoms with van der Waals surface area (Å²) >= 11 is 1.53. The molecule has 0 spiro atoms. The quantitative estimate of drug-likeness (QED) is 0.675. The van der Waals surface area contributed by atoms with Gasteiger partial charge in [-0.2, -0.15) is 0 Å². The summed E-state index contributed by atoms with van der Waals surface area (Å²) in [7, 11) is 1.77. The Kier molecular flexibility index (Phi) is 7.29. The highest BCUT2D eigenvalue weighted by Gasteiger charge is 2.39. The summed E-state index contributed by atoms with van der Waals surface area (Å²) < 4.78 is 12.1. The summed E-state index contributed by atoms with van der Waals surface area (Å²) in [6.45, 7) is 2.76. The molecule has 3 atom stereocenters. The van der Waals surface area contributed by atoms with Gasteiger partial charge in [0.2, 0.25) is 11.8 Å². The first-order valence-corrected chi connectivity index (χ1v) is 12.1. The van der Waals surface area contributed by atoms with Crippen molar-refractivity contribution in [2.24, 2.45) is 0 Å². The highest BCUT2D eigenvalue weighted by molar-refractivity contribution is 7.10. The summed E-state index contributed by atoms with van der Waals surface area (Å²) in [6.07, 6.45) is 1.52. The third kappa shape index (κ3) is 5.54. The smallest absolute Gasteiger partial charge is 0.257 e. The highest BCUT2D eigenvalue weighted by atomic mass is 32.1. The van der Waals surface area contributed by atoms with E-state index in [0.717, 1.165) is 11.3 Å². The van der Waals surface area contributed by atoms with Crippen LogP contribution in [-0.4, -0.2) is 61.1 Å². The first-order valence-electron chi connectivity index (χ1n) is 11.2. The Morgan fingerprint density at radius 3 is 2.82 bits per heavy atom. The molecule has 0 aliphatic carbocycles. The molecule has 1 fully saturated rings. The summed E-state index contributed by atoms with van der Waals surface area (Å²) in [4.78, 5) is 40.3. The number of rotatable bonds is 6. The number of nitrogens with one attached hydrogen (secondary N) is 2. The van der Waals surface area contributed by atoms with Gasteiger partial charge in [0.15, 0.2) is 0 Å². The minimum Gasteiger partial charge on any atom is -0.490 e. The predicted molar refractivity (Wildman–Crippen MR) is 126 cm³/mol. The van der Waals surface area contributed by atoms with Crippen LogP contribution in [0.1, 0.15) is 41.4 Å². The molecule has 0 unspecified atom stereocenters. The lowest BCUT2D eigenvalue weighted by Gasteiger charge is -2.42. The molecule has 0 saturated carbocycles. The Hall–Kier alpha value is -2.91. The van der Waals surface area contributed by atoms with E-state index in [1.807, 2.05) is 24.4 Å². The predicted octanol–water partition coefficient (Wildman–Crippen LogP) is 2.84. The lowest BCUT2D eigenvalue weighted by atomic mass is 9.94. The molecule has 1 aromatic carbocycles. The molecule has 0 radical (unpaired) electrons. The fraction of sp³-hybridized carbons (Fsp3) is 0.458. The van der Waals surface area contributed by atoms with Gasteiger partial charge in [-0.3, -0.25) is 14.4 Å². The highest BCUT2D eigenvalue weighted by Crippen LogP contribution is 2.32. The van der Waals surface area contributed by atoms with E-state index in [0.29, 0.717) is 36.4 Å². The number of hydrogen-bond acceptors (Lipinski definition) is 6. The van der Waals surface area contributed by atoms with Crippen LogP contribution in [-0.2, 0) is 20.7 Å². The van der Waals surface area contributed by atoms with E-state index in [4.69, 9.17) is 9.47 Å². The molecule has 9 heteroatoms. The third-order valence-corrected chi connectivity index (χ3v) is 6.87. The van der Waals surface area contributed by atoms with Crippen molar-refractivity contribution in [1.82, 2.24) is 10.2 Å². The molecular weight excluding hydrogens is 442 g/mol. The standard InChI is InChI=1S/C24H29N3O5S/c1-3-25-22(28)12-16-7-8-19-21(32-16)14-31-20-9-6-15(11-18(20)24(30)27(19)2)26-23(29)13-17-5-4-10-33-17/h4-6,9-11,16,19,21H,3,7-8,12-14H2,1-2H3,(H,25,28)(H,26,29)/t16-,19-,21+/m0/s1. The second-order valence-electron chi connectivity index (χ2n) is 8.34. The Morgan fingerprint density at radius 1 is 1.21 bits per heavy atom. The van der Waals surface area contributed by atoms with Crippen LogP contribution in [0.15, 0.2) is 35.7 Å². The van der Waals surface area contributed by atoms with Gasteiger partial charge >= 0.3 is 0 Å². The molecule has 33 heavy (non-hydrogen) atoms. The van der Waals surface area contributed by atoms with Crippen LogP contribution in [0.3, 0.4) is 0 Å². The number of anilines is 1. The Labute approximate surface area is 197 Å². The van der Waals surface area contributed by atoms with Crippen molar-refractivity contribution in [3.05, 3.63) is 46.2 Å². The number of benzene rings is 1. The van der Waals surface area contributed by atoms with Gasteiger partial charge in [-0.15, -0.1) is 11.3 Å². The Morgan fingerprint density at radius 2 is 2.06 bits per heavy atom. The normalized spacial score (nSPS) is 22.3. The number of fused-ring (bicyclic) bond motifs is 2. The lowest BCUT2D eigenvalue weighted by molar-refractivity contribution is -0.134. The first-order chi connectivity index (χ1) is 15.9. The lowest BCUT2D eigenvalue weighted by Crippen LogP contribution is -2.54. The maximum absolute atomic E-state index is 13.3. The zero-order valence-electron chi connectivity index (χ0n) is 18.8. The van der Waals surface area contributed by atoms with Crippen LogP contribution in [0.4, 0.5) is 5.69 Å². The average molecular weight is 472 g/mol. The number of likely N-dealkylation sites (N-methyl/N-ethyl adjacent to an activating group) is 1. The van der Waals surface area contributed by atoms with E-state index in [1.165, 1.54) is 11.3 Å². The number of amides is 3. The van der Waals surface area contributed by atoms with Gasteiger partial charge in [-0.1, -0.05) is 6.07 Å². The van der Waals surface area contributed by atoms with E-state index in [9.17, 15) is 14.4 Å². The van der Waals surface area contributed by atoms with Crippen LogP contribution < -0.4 is 15.4 Å². The van der Waals surface area contributed by atoms with Crippen molar-refractivity contribution < 1.29 is 23.9 Å². The average Bonchev–Trinajstić information content (AvgIpc) is 3.29. The number of nitrogens with zero attached hydrogens (tertiary/aromatic N) is 1. The first kappa shape index (κ1) is 23.3. The van der Waals surface area contributed by atoms with Crippen molar-refractivity contribution in [3.8, 4) is 5.75 Å². The molecule has 3 heterocycles. The van der Waals surface area contributed by atoms with Gasteiger partial charge in [-0.05, 0) is 49.4 Å². The van der Waals surface area contributed by atoms with E-state index in [1.54, 1.807) is 30.1 Å². The topological polar surface area (TPSA) is 97.0 Å². The minimum atomic E-state index is -0.314. The molecule has 2 aliphatic rings. The van der Waals surface area contributed by atoms with Gasteiger partial charge in [-0.25, -0.2) is 0 Å². The Bertz CT molecular complexity index is 1010. The van der Waals surface area contributed by atoms with Crippen LogP contribution in [0.25, 0.3) is 0 Å². The van der Waals surface area contributed by atoms with E-state index in [2.05, 4.69) is 10.6 Å². The summed E-state index contributed by atoms with van der Waals surface area (Å²) in [5.74, 6) is 0.107. The van der Waals surface area contributed by atoms with Crippen molar-refractivity contribution in [3.63, 3.8) is 0 Å². The minimum absolute atomic E-state index is 0.0313. The van der Waals surface area contributed by atoms with E-state index < -0.39 is 0 Å². The van der Waals surface area contributed by atoms with Gasteiger partial charge in [0.25, 0.3) is 5.91 Å². The molecule has 1 aromatic heterocycles. The van der Waals surface area contributed by atoms with Gasteiger partial charge < -0.3 is 25.0 Å². The number of hydrogen-bond donors (Lipinski definition) is 2. The molecule has 4 rings (SSSR count). The maximum Gasteiger partial charge on any atom is 0.257 e. The maximum atomic E-state index is 13.3. The van der Waals surface area contributed by atoms with Crippen molar-refractivity contribution >= 4 is 34.7 Å². The third-order valence-electron chi connectivity index (χ3n) is 6.00. The molecule has 176 valence electrons. The molecule has 2 N–H and O–H groups in total. The zero-order chi connectivity index (χ0) is 23.4. The van der Waals surface area contributed by atoms with Crippen molar-refractivity contribution in [2.45, 2.75) is 50.9 Å².